The van der Waals surface area contributed by atoms with Crippen molar-refractivity contribution < 1.29 is 9.18 Å². The summed E-state index contributed by atoms with van der Waals surface area (Å²) < 4.78 is 14.9. The molecule has 7 nitrogen and oxygen atoms in total. The Morgan fingerprint density at radius 2 is 1.76 bits per heavy atom. The fourth-order valence-corrected chi connectivity index (χ4v) is 3.66. The maximum atomic E-state index is 13.0. The van der Waals surface area contributed by atoms with Crippen molar-refractivity contribution in [3.8, 4) is 5.82 Å². The average molecular weight is 394 g/mol. The van der Waals surface area contributed by atoms with E-state index in [4.69, 9.17) is 0 Å². The normalized spacial score (nSPS) is 14.2. The molecule has 1 fully saturated rings. The van der Waals surface area contributed by atoms with Crippen LogP contribution in [0.2, 0.25) is 0 Å². The molecule has 4 rings (SSSR count). The summed E-state index contributed by atoms with van der Waals surface area (Å²) in [6.45, 7) is 6.66. The number of carbonyl (C=O) groups excluding carboxylic acids is 1. The highest BCUT2D eigenvalue weighted by Crippen LogP contribution is 2.27. The van der Waals surface area contributed by atoms with Crippen LogP contribution in [0.5, 0.6) is 0 Å². The van der Waals surface area contributed by atoms with E-state index >= 15 is 0 Å². The SMILES string of the molecule is Cc1nn(-c2ccccn2)c(C)c1N1CCN(C(=O)Nc2ccc(F)cc2)CC1. The van der Waals surface area contributed by atoms with Crippen LogP contribution in [-0.4, -0.2) is 51.9 Å². The molecule has 2 aromatic heterocycles. The van der Waals surface area contributed by atoms with Gasteiger partial charge in [0.2, 0.25) is 0 Å². The van der Waals surface area contributed by atoms with Crippen molar-refractivity contribution in [3.05, 3.63) is 65.9 Å². The van der Waals surface area contributed by atoms with E-state index in [-0.39, 0.29) is 11.8 Å². The van der Waals surface area contributed by atoms with E-state index < -0.39 is 0 Å². The number of carbonyl (C=O) groups is 1. The van der Waals surface area contributed by atoms with Gasteiger partial charge in [-0.1, -0.05) is 6.07 Å². The van der Waals surface area contributed by atoms with Gasteiger partial charge in [0, 0.05) is 38.1 Å². The molecule has 2 amide bonds. The van der Waals surface area contributed by atoms with Gasteiger partial charge in [-0.05, 0) is 50.2 Å². The number of rotatable bonds is 3. The number of urea groups is 1. The fraction of sp³-hybridized carbons (Fsp3) is 0.286. The molecule has 0 spiro atoms. The largest absolute Gasteiger partial charge is 0.365 e. The Balaban J connectivity index is 1.43. The molecule has 0 bridgehead atoms. The Morgan fingerprint density at radius 1 is 1.03 bits per heavy atom. The smallest absolute Gasteiger partial charge is 0.321 e. The molecular weight excluding hydrogens is 371 g/mol. The Labute approximate surface area is 168 Å². The van der Waals surface area contributed by atoms with Gasteiger partial charge in [-0.15, -0.1) is 0 Å². The van der Waals surface area contributed by atoms with Gasteiger partial charge >= 0.3 is 6.03 Å². The molecule has 1 aliphatic rings. The van der Waals surface area contributed by atoms with Gasteiger partial charge in [-0.25, -0.2) is 18.9 Å². The summed E-state index contributed by atoms with van der Waals surface area (Å²) >= 11 is 0. The van der Waals surface area contributed by atoms with Gasteiger partial charge in [0.05, 0.1) is 17.1 Å². The second-order valence-corrected chi connectivity index (χ2v) is 7.03. The maximum absolute atomic E-state index is 13.0. The van der Waals surface area contributed by atoms with Crippen LogP contribution >= 0.6 is 0 Å². The molecule has 3 aromatic rings. The molecule has 150 valence electrons. The Morgan fingerprint density at radius 3 is 2.41 bits per heavy atom. The van der Waals surface area contributed by atoms with Crippen molar-refractivity contribution in [2.75, 3.05) is 36.4 Å². The molecule has 1 aliphatic heterocycles. The highest BCUT2D eigenvalue weighted by molar-refractivity contribution is 5.89. The molecular formula is C21H23FN6O. The number of hydrogen-bond acceptors (Lipinski definition) is 4. The topological polar surface area (TPSA) is 66.3 Å². The second-order valence-electron chi connectivity index (χ2n) is 7.03. The van der Waals surface area contributed by atoms with Crippen LogP contribution in [0.1, 0.15) is 11.4 Å². The van der Waals surface area contributed by atoms with Crippen molar-refractivity contribution in [2.24, 2.45) is 0 Å². The van der Waals surface area contributed by atoms with Crippen LogP contribution in [-0.2, 0) is 0 Å². The summed E-state index contributed by atoms with van der Waals surface area (Å²) in [5.74, 6) is 0.463. The number of anilines is 2. The van der Waals surface area contributed by atoms with Gasteiger partial charge < -0.3 is 15.1 Å². The molecule has 0 aliphatic carbocycles. The van der Waals surface area contributed by atoms with Gasteiger partial charge in [-0.2, -0.15) is 5.10 Å². The average Bonchev–Trinajstić information content (AvgIpc) is 3.04. The molecule has 3 heterocycles. The van der Waals surface area contributed by atoms with Gasteiger partial charge in [0.15, 0.2) is 5.82 Å². The number of nitrogens with one attached hydrogen (secondary N) is 1. The maximum Gasteiger partial charge on any atom is 0.321 e. The number of benzene rings is 1. The van der Waals surface area contributed by atoms with Crippen molar-refractivity contribution in [3.63, 3.8) is 0 Å². The standard InChI is InChI=1S/C21H23FN6O/c1-15-20(16(2)28(25-15)19-5-3-4-10-23-19)26-11-13-27(14-12-26)21(29)24-18-8-6-17(22)7-9-18/h3-10H,11-14H2,1-2H3,(H,24,29). The first-order valence-electron chi connectivity index (χ1n) is 9.57. The minimum atomic E-state index is -0.325. The van der Waals surface area contributed by atoms with Crippen LogP contribution < -0.4 is 10.2 Å². The van der Waals surface area contributed by atoms with Crippen molar-refractivity contribution in [2.45, 2.75) is 13.8 Å². The molecule has 1 N–H and O–H groups in total. The van der Waals surface area contributed by atoms with Crippen LogP contribution in [0, 0.1) is 19.7 Å². The number of amides is 2. The number of nitrogens with zero attached hydrogens (tertiary/aromatic N) is 5. The monoisotopic (exact) mass is 394 g/mol. The van der Waals surface area contributed by atoms with Crippen LogP contribution in [0.4, 0.5) is 20.6 Å². The number of hydrogen-bond donors (Lipinski definition) is 1. The lowest BCUT2D eigenvalue weighted by molar-refractivity contribution is 0.208. The van der Waals surface area contributed by atoms with Crippen LogP contribution in [0.15, 0.2) is 48.7 Å². The molecule has 0 radical (unpaired) electrons. The zero-order valence-electron chi connectivity index (χ0n) is 16.5. The molecule has 0 atom stereocenters. The summed E-state index contributed by atoms with van der Waals surface area (Å²) in [5, 5.41) is 7.48. The van der Waals surface area contributed by atoms with Gasteiger partial charge in [-0.3, -0.25) is 0 Å². The minimum Gasteiger partial charge on any atom is -0.365 e. The molecule has 0 unspecified atom stereocenters. The van der Waals surface area contributed by atoms with E-state index in [2.05, 4.69) is 20.3 Å². The Bertz CT molecular complexity index is 994. The van der Waals surface area contributed by atoms with Gasteiger partial charge in [0.25, 0.3) is 0 Å². The molecule has 0 saturated carbocycles. The number of aromatic nitrogens is 3. The summed E-state index contributed by atoms with van der Waals surface area (Å²) in [4.78, 5) is 20.9. The van der Waals surface area contributed by atoms with Crippen LogP contribution in [0.3, 0.4) is 0 Å². The summed E-state index contributed by atoms with van der Waals surface area (Å²) in [6.07, 6.45) is 1.75. The fourth-order valence-electron chi connectivity index (χ4n) is 3.66. The molecule has 29 heavy (non-hydrogen) atoms. The zero-order chi connectivity index (χ0) is 20.4. The number of aryl methyl sites for hydroxylation is 1. The van der Waals surface area contributed by atoms with E-state index in [0.29, 0.717) is 31.9 Å². The number of pyridine rings is 1. The summed E-state index contributed by atoms with van der Waals surface area (Å²) in [5.41, 5.74) is 3.65. The lowest BCUT2D eigenvalue weighted by atomic mass is 10.2. The van der Waals surface area contributed by atoms with E-state index in [9.17, 15) is 9.18 Å². The van der Waals surface area contributed by atoms with Crippen molar-refractivity contribution >= 4 is 17.4 Å². The van der Waals surface area contributed by atoms with E-state index in [1.165, 1.54) is 12.1 Å². The number of halogens is 1. The first-order chi connectivity index (χ1) is 14.0. The third kappa shape index (κ3) is 3.91. The molecule has 8 heteroatoms. The van der Waals surface area contributed by atoms with E-state index in [1.807, 2.05) is 36.7 Å². The Hall–Kier alpha value is -3.42. The van der Waals surface area contributed by atoms with E-state index in [1.54, 1.807) is 23.2 Å². The predicted octanol–water partition coefficient (Wildman–Crippen LogP) is 3.38. The molecule has 1 saturated heterocycles. The first-order valence-corrected chi connectivity index (χ1v) is 9.57. The first kappa shape index (κ1) is 18.9. The van der Waals surface area contributed by atoms with Crippen LogP contribution in [0.25, 0.3) is 5.82 Å². The van der Waals surface area contributed by atoms with Crippen molar-refractivity contribution in [1.29, 1.82) is 0 Å². The minimum absolute atomic E-state index is 0.172. The third-order valence-electron chi connectivity index (χ3n) is 5.10. The highest BCUT2D eigenvalue weighted by atomic mass is 19.1. The van der Waals surface area contributed by atoms with Crippen molar-refractivity contribution in [1.82, 2.24) is 19.7 Å². The highest BCUT2D eigenvalue weighted by Gasteiger charge is 2.25. The van der Waals surface area contributed by atoms with E-state index in [0.717, 1.165) is 22.9 Å². The lowest BCUT2D eigenvalue weighted by Crippen LogP contribution is -2.50. The number of piperazine rings is 1. The predicted molar refractivity (Wildman–Crippen MR) is 110 cm³/mol. The summed E-state index contributed by atoms with van der Waals surface area (Å²) in [7, 11) is 0. The molecule has 1 aromatic carbocycles. The summed E-state index contributed by atoms with van der Waals surface area (Å²) in [6, 6.07) is 11.4. The third-order valence-corrected chi connectivity index (χ3v) is 5.10. The van der Waals surface area contributed by atoms with Gasteiger partial charge in [0.1, 0.15) is 5.82 Å². The Kier molecular flexibility index (Phi) is 5.16. The zero-order valence-corrected chi connectivity index (χ0v) is 16.5. The quantitative estimate of drug-likeness (QED) is 0.740. The second kappa shape index (κ2) is 7.90. The lowest BCUT2D eigenvalue weighted by Gasteiger charge is -2.36.